The molecule has 86 valence electrons. The predicted molar refractivity (Wildman–Crippen MR) is 50.4 cm³/mol. The van der Waals surface area contributed by atoms with Gasteiger partial charge in [0.15, 0.2) is 5.69 Å². The molecular formula is C9H14F3N3. The molecule has 1 rings (SSSR count). The van der Waals surface area contributed by atoms with Gasteiger partial charge in [0.05, 0.1) is 6.54 Å². The van der Waals surface area contributed by atoms with Crippen LogP contribution in [0, 0.1) is 0 Å². The van der Waals surface area contributed by atoms with Gasteiger partial charge in [-0.1, -0.05) is 6.92 Å². The summed E-state index contributed by atoms with van der Waals surface area (Å²) in [5, 5.41) is 6.48. The molecule has 1 atom stereocenters. The van der Waals surface area contributed by atoms with E-state index in [1.165, 1.54) is 10.9 Å². The summed E-state index contributed by atoms with van der Waals surface area (Å²) in [7, 11) is 1.78. The SMILES string of the molecule is CCC(Cn1ccc(C(F)(F)F)n1)NC. The third-order valence-corrected chi connectivity index (χ3v) is 2.24. The summed E-state index contributed by atoms with van der Waals surface area (Å²) in [5.41, 5.74) is -0.839. The smallest absolute Gasteiger partial charge is 0.315 e. The zero-order valence-corrected chi connectivity index (χ0v) is 8.67. The molecule has 1 heterocycles. The lowest BCUT2D eigenvalue weighted by Gasteiger charge is -2.13. The average Bonchev–Trinajstić information content (AvgIpc) is 2.61. The lowest BCUT2D eigenvalue weighted by molar-refractivity contribution is -0.141. The van der Waals surface area contributed by atoms with Gasteiger partial charge in [-0.25, -0.2) is 0 Å². The summed E-state index contributed by atoms with van der Waals surface area (Å²) < 4.78 is 37.9. The van der Waals surface area contributed by atoms with Crippen LogP contribution < -0.4 is 5.32 Å². The fourth-order valence-corrected chi connectivity index (χ4v) is 1.26. The van der Waals surface area contributed by atoms with Crippen LogP contribution in [0.3, 0.4) is 0 Å². The second kappa shape index (κ2) is 4.65. The summed E-state index contributed by atoms with van der Waals surface area (Å²) in [6.07, 6.45) is -2.16. The van der Waals surface area contributed by atoms with Gasteiger partial charge in [0.1, 0.15) is 0 Å². The highest BCUT2D eigenvalue weighted by Gasteiger charge is 2.33. The van der Waals surface area contributed by atoms with E-state index in [9.17, 15) is 13.2 Å². The highest BCUT2D eigenvalue weighted by molar-refractivity contribution is 5.03. The Labute approximate surface area is 86.3 Å². The van der Waals surface area contributed by atoms with Gasteiger partial charge in [-0.2, -0.15) is 18.3 Å². The molecule has 0 amide bonds. The topological polar surface area (TPSA) is 29.9 Å². The Morgan fingerprint density at radius 2 is 2.20 bits per heavy atom. The van der Waals surface area contributed by atoms with Crippen molar-refractivity contribution in [3.05, 3.63) is 18.0 Å². The first kappa shape index (κ1) is 12.0. The summed E-state index contributed by atoms with van der Waals surface area (Å²) >= 11 is 0. The van der Waals surface area contributed by atoms with E-state index in [4.69, 9.17) is 0 Å². The maximum atomic E-state index is 12.2. The van der Waals surface area contributed by atoms with E-state index in [2.05, 4.69) is 10.4 Å². The van der Waals surface area contributed by atoms with E-state index >= 15 is 0 Å². The maximum absolute atomic E-state index is 12.2. The number of halogens is 3. The van der Waals surface area contributed by atoms with Crippen LogP contribution in [0.2, 0.25) is 0 Å². The van der Waals surface area contributed by atoms with Crippen LogP contribution >= 0.6 is 0 Å². The van der Waals surface area contributed by atoms with Gasteiger partial charge >= 0.3 is 6.18 Å². The van der Waals surface area contributed by atoms with Gasteiger partial charge in [-0.15, -0.1) is 0 Å². The van der Waals surface area contributed by atoms with Crippen molar-refractivity contribution in [3.63, 3.8) is 0 Å². The minimum atomic E-state index is -4.35. The van der Waals surface area contributed by atoms with Gasteiger partial charge in [-0.05, 0) is 19.5 Å². The number of nitrogens with one attached hydrogen (secondary N) is 1. The third-order valence-electron chi connectivity index (χ3n) is 2.24. The summed E-state index contributed by atoms with van der Waals surface area (Å²) in [4.78, 5) is 0. The fourth-order valence-electron chi connectivity index (χ4n) is 1.26. The second-order valence-corrected chi connectivity index (χ2v) is 3.31. The molecule has 3 nitrogen and oxygen atoms in total. The van der Waals surface area contributed by atoms with E-state index in [1.807, 2.05) is 6.92 Å². The molecular weight excluding hydrogens is 207 g/mol. The molecule has 6 heteroatoms. The van der Waals surface area contributed by atoms with E-state index in [-0.39, 0.29) is 6.04 Å². The van der Waals surface area contributed by atoms with Crippen LogP contribution in [-0.4, -0.2) is 22.9 Å². The van der Waals surface area contributed by atoms with Gasteiger partial charge < -0.3 is 5.32 Å². The van der Waals surface area contributed by atoms with E-state index in [0.717, 1.165) is 12.5 Å². The first-order valence-electron chi connectivity index (χ1n) is 4.75. The molecule has 0 fully saturated rings. The Morgan fingerprint density at radius 3 is 2.60 bits per heavy atom. The Morgan fingerprint density at radius 1 is 1.53 bits per heavy atom. The van der Waals surface area contributed by atoms with Crippen LogP contribution in [0.15, 0.2) is 12.3 Å². The Bertz CT molecular complexity index is 302. The second-order valence-electron chi connectivity index (χ2n) is 3.31. The number of likely N-dealkylation sites (N-methyl/N-ethyl adjacent to an activating group) is 1. The van der Waals surface area contributed by atoms with Crippen LogP contribution in [0.1, 0.15) is 19.0 Å². The molecule has 0 aliphatic rings. The van der Waals surface area contributed by atoms with Crippen LogP contribution in [-0.2, 0) is 12.7 Å². The molecule has 0 saturated heterocycles. The highest BCUT2D eigenvalue weighted by Crippen LogP contribution is 2.27. The summed E-state index contributed by atoms with van der Waals surface area (Å²) in [5.74, 6) is 0. The van der Waals surface area contributed by atoms with Crippen molar-refractivity contribution in [1.29, 1.82) is 0 Å². The molecule has 0 saturated carbocycles. The standard InChI is InChI=1S/C9H14F3N3/c1-3-7(13-2)6-15-5-4-8(14-15)9(10,11)12/h4-5,7,13H,3,6H2,1-2H3. The molecule has 0 spiro atoms. The lowest BCUT2D eigenvalue weighted by Crippen LogP contribution is -2.29. The van der Waals surface area contributed by atoms with Crippen LogP contribution in [0.4, 0.5) is 13.2 Å². The quantitative estimate of drug-likeness (QED) is 0.841. The normalized spacial score (nSPS) is 14.2. The number of rotatable bonds is 4. The lowest BCUT2D eigenvalue weighted by atomic mass is 10.2. The predicted octanol–water partition coefficient (Wildman–Crippen LogP) is 1.90. The van der Waals surface area contributed by atoms with Crippen molar-refractivity contribution in [1.82, 2.24) is 15.1 Å². The molecule has 0 aromatic carbocycles. The monoisotopic (exact) mass is 221 g/mol. The molecule has 0 radical (unpaired) electrons. The first-order valence-corrected chi connectivity index (χ1v) is 4.75. The Hall–Kier alpha value is -1.04. The number of nitrogens with zero attached hydrogens (tertiary/aromatic N) is 2. The number of hydrogen-bond acceptors (Lipinski definition) is 2. The number of aromatic nitrogens is 2. The fraction of sp³-hybridized carbons (Fsp3) is 0.667. The average molecular weight is 221 g/mol. The van der Waals surface area contributed by atoms with E-state index in [0.29, 0.717) is 6.54 Å². The van der Waals surface area contributed by atoms with Gasteiger partial charge in [0, 0.05) is 12.2 Å². The highest BCUT2D eigenvalue weighted by atomic mass is 19.4. The van der Waals surface area contributed by atoms with Gasteiger partial charge in [-0.3, -0.25) is 4.68 Å². The Kier molecular flexibility index (Phi) is 3.73. The minimum Gasteiger partial charge on any atom is -0.315 e. The third kappa shape index (κ3) is 3.23. The van der Waals surface area contributed by atoms with Crippen molar-refractivity contribution in [3.8, 4) is 0 Å². The van der Waals surface area contributed by atoms with E-state index < -0.39 is 11.9 Å². The zero-order valence-electron chi connectivity index (χ0n) is 8.67. The Balaban J connectivity index is 2.68. The molecule has 1 aromatic heterocycles. The molecule has 1 N–H and O–H groups in total. The largest absolute Gasteiger partial charge is 0.435 e. The summed E-state index contributed by atoms with van der Waals surface area (Å²) in [6.45, 7) is 2.42. The van der Waals surface area contributed by atoms with Crippen molar-refractivity contribution in [2.45, 2.75) is 32.1 Å². The van der Waals surface area contributed by atoms with Crippen molar-refractivity contribution in [2.24, 2.45) is 0 Å². The molecule has 15 heavy (non-hydrogen) atoms. The maximum Gasteiger partial charge on any atom is 0.435 e. The molecule has 0 bridgehead atoms. The van der Waals surface area contributed by atoms with Crippen molar-refractivity contribution in [2.75, 3.05) is 7.05 Å². The van der Waals surface area contributed by atoms with Crippen molar-refractivity contribution >= 4 is 0 Å². The summed E-state index contributed by atoms with van der Waals surface area (Å²) in [6, 6.07) is 1.13. The molecule has 0 aliphatic heterocycles. The van der Waals surface area contributed by atoms with Crippen LogP contribution in [0.5, 0.6) is 0 Å². The zero-order chi connectivity index (χ0) is 11.5. The number of alkyl halides is 3. The molecule has 1 unspecified atom stereocenters. The van der Waals surface area contributed by atoms with Crippen molar-refractivity contribution < 1.29 is 13.2 Å². The molecule has 0 aliphatic carbocycles. The van der Waals surface area contributed by atoms with Crippen LogP contribution in [0.25, 0.3) is 0 Å². The van der Waals surface area contributed by atoms with E-state index in [1.54, 1.807) is 7.05 Å². The van der Waals surface area contributed by atoms with Gasteiger partial charge in [0.2, 0.25) is 0 Å². The number of hydrogen-bond donors (Lipinski definition) is 1. The first-order chi connectivity index (χ1) is 6.97. The van der Waals surface area contributed by atoms with Gasteiger partial charge in [0.25, 0.3) is 0 Å². The minimum absolute atomic E-state index is 0.144. The molecule has 1 aromatic rings.